The Balaban J connectivity index is 1.24. The summed E-state index contributed by atoms with van der Waals surface area (Å²) in [5.41, 5.74) is 6.38. The lowest BCUT2D eigenvalue weighted by Crippen LogP contribution is -2.47. The van der Waals surface area contributed by atoms with E-state index in [9.17, 15) is 4.79 Å². The van der Waals surface area contributed by atoms with Crippen molar-refractivity contribution in [2.75, 3.05) is 31.1 Å². The van der Waals surface area contributed by atoms with Crippen molar-refractivity contribution in [2.45, 2.75) is 77.9 Å². The number of aromatic nitrogens is 2. The third kappa shape index (κ3) is 6.34. The van der Waals surface area contributed by atoms with Gasteiger partial charge in [-0.3, -0.25) is 4.90 Å². The molecule has 2 aromatic carbocycles. The molecular weight excluding hydrogens is 548 g/mol. The van der Waals surface area contributed by atoms with Crippen LogP contribution in [0.5, 0.6) is 11.5 Å². The molecule has 1 saturated heterocycles. The molecule has 0 N–H and O–H groups in total. The van der Waals surface area contributed by atoms with E-state index in [1.165, 1.54) is 31.2 Å². The number of esters is 1. The van der Waals surface area contributed by atoms with Gasteiger partial charge >= 0.3 is 5.97 Å². The molecule has 0 bridgehead atoms. The first-order chi connectivity index (χ1) is 21.1. The number of nitrogens with zero attached hydrogens (tertiary/aromatic N) is 4. The number of carbonyl (C=O) groups is 1. The molecular formula is C37H46N4O3. The highest BCUT2D eigenvalue weighted by molar-refractivity contribution is 5.93. The number of aryl methyl sites for hydroxylation is 1. The molecule has 44 heavy (non-hydrogen) atoms. The minimum absolute atomic E-state index is 0.398. The van der Waals surface area contributed by atoms with Crippen LogP contribution in [0.3, 0.4) is 0 Å². The summed E-state index contributed by atoms with van der Waals surface area (Å²) in [5, 5.41) is 0.983. The number of carbonyl (C=O) groups excluding carboxylic acids is 1. The first-order valence-electron chi connectivity index (χ1n) is 16.1. The van der Waals surface area contributed by atoms with E-state index in [4.69, 9.17) is 9.47 Å². The largest absolute Gasteiger partial charge is 0.456 e. The first kappa shape index (κ1) is 30.2. The quantitative estimate of drug-likeness (QED) is 0.166. The SMILES string of the molecule is CC(C)c1cccc2c1CCCCC2N1CCN(c2ccc(C(=O)OC(C)(C)C)c(Oc3cnc4c(ccn4C)c3)c2)CC1. The lowest BCUT2D eigenvalue weighted by Gasteiger charge is -2.41. The predicted octanol–water partition coefficient (Wildman–Crippen LogP) is 8.03. The Morgan fingerprint density at radius 2 is 1.80 bits per heavy atom. The molecule has 2 aliphatic rings. The smallest absolute Gasteiger partial charge is 0.342 e. The predicted molar refractivity (Wildman–Crippen MR) is 177 cm³/mol. The number of rotatable bonds is 6. The van der Waals surface area contributed by atoms with Crippen LogP contribution in [0.2, 0.25) is 0 Å². The Morgan fingerprint density at radius 3 is 2.55 bits per heavy atom. The Hall–Kier alpha value is -3.84. The van der Waals surface area contributed by atoms with Gasteiger partial charge in [-0.15, -0.1) is 0 Å². The molecule has 1 aliphatic carbocycles. The summed E-state index contributed by atoms with van der Waals surface area (Å²) in [7, 11) is 1.97. The van der Waals surface area contributed by atoms with Gasteiger partial charge in [0.15, 0.2) is 0 Å². The van der Waals surface area contributed by atoms with Gasteiger partial charge in [0.2, 0.25) is 0 Å². The molecule has 1 unspecified atom stereocenters. The fourth-order valence-corrected chi connectivity index (χ4v) is 6.84. The number of piperazine rings is 1. The molecule has 7 nitrogen and oxygen atoms in total. The maximum atomic E-state index is 13.2. The van der Waals surface area contributed by atoms with Crippen molar-refractivity contribution in [3.8, 4) is 11.5 Å². The average molecular weight is 595 g/mol. The van der Waals surface area contributed by atoms with Crippen LogP contribution in [-0.4, -0.2) is 52.2 Å². The summed E-state index contributed by atoms with van der Waals surface area (Å²) < 4.78 is 14.1. The van der Waals surface area contributed by atoms with Crippen molar-refractivity contribution >= 4 is 22.7 Å². The number of hydrogen-bond donors (Lipinski definition) is 0. The average Bonchev–Trinajstić information content (AvgIpc) is 3.21. The monoisotopic (exact) mass is 594 g/mol. The molecule has 0 amide bonds. The van der Waals surface area contributed by atoms with Gasteiger partial charge in [-0.2, -0.15) is 0 Å². The van der Waals surface area contributed by atoms with Crippen LogP contribution < -0.4 is 9.64 Å². The van der Waals surface area contributed by atoms with E-state index >= 15 is 0 Å². The molecule has 232 valence electrons. The summed E-state index contributed by atoms with van der Waals surface area (Å²) >= 11 is 0. The molecule has 6 rings (SSSR count). The van der Waals surface area contributed by atoms with E-state index in [-0.39, 0.29) is 0 Å². The minimum atomic E-state index is -0.611. The van der Waals surface area contributed by atoms with Crippen LogP contribution in [0.1, 0.15) is 92.9 Å². The highest BCUT2D eigenvalue weighted by Gasteiger charge is 2.30. The van der Waals surface area contributed by atoms with Gasteiger partial charge < -0.3 is 18.9 Å². The molecule has 1 aliphatic heterocycles. The highest BCUT2D eigenvalue weighted by atomic mass is 16.6. The van der Waals surface area contributed by atoms with Gasteiger partial charge in [-0.25, -0.2) is 9.78 Å². The summed E-state index contributed by atoms with van der Waals surface area (Å²) in [4.78, 5) is 22.9. The maximum absolute atomic E-state index is 13.2. The molecule has 4 aromatic rings. The Kier molecular flexibility index (Phi) is 8.42. The molecule has 0 saturated carbocycles. The standard InChI is InChI=1S/C37H46N4O3/c1-25(2)29-11-9-12-31-30(29)10-7-8-13-33(31)41-20-18-40(19-21-41)27-14-15-32(36(42)44-37(3,4)5)34(23-27)43-28-22-26-16-17-39(6)35(26)38-24-28/h9,11-12,14-17,22-25,33H,7-8,10,13,18-21H2,1-6H3. The molecule has 2 aromatic heterocycles. The van der Waals surface area contributed by atoms with Crippen molar-refractivity contribution in [1.29, 1.82) is 0 Å². The van der Waals surface area contributed by atoms with Crippen LogP contribution in [0.4, 0.5) is 5.69 Å². The summed E-state index contributed by atoms with van der Waals surface area (Å²) in [6, 6.07) is 17.3. The third-order valence-electron chi connectivity index (χ3n) is 9.00. The van der Waals surface area contributed by atoms with Crippen molar-refractivity contribution in [3.05, 3.63) is 83.2 Å². The van der Waals surface area contributed by atoms with Gasteiger partial charge in [-0.1, -0.05) is 38.5 Å². The fraction of sp³-hybridized carbons (Fsp3) is 0.459. The van der Waals surface area contributed by atoms with E-state index < -0.39 is 11.6 Å². The summed E-state index contributed by atoms with van der Waals surface area (Å²) in [6.45, 7) is 14.1. The van der Waals surface area contributed by atoms with Crippen molar-refractivity contribution in [1.82, 2.24) is 14.5 Å². The van der Waals surface area contributed by atoms with Crippen LogP contribution in [0, 0.1) is 0 Å². The van der Waals surface area contributed by atoms with Crippen LogP contribution >= 0.6 is 0 Å². The van der Waals surface area contributed by atoms with E-state index in [0.29, 0.717) is 29.0 Å². The fourth-order valence-electron chi connectivity index (χ4n) is 6.84. The normalized spacial score (nSPS) is 17.9. The molecule has 3 heterocycles. The maximum Gasteiger partial charge on any atom is 0.342 e. The Morgan fingerprint density at radius 1 is 1.00 bits per heavy atom. The lowest BCUT2D eigenvalue weighted by molar-refractivity contribution is 0.00672. The van der Waals surface area contributed by atoms with Crippen molar-refractivity contribution < 1.29 is 14.3 Å². The van der Waals surface area contributed by atoms with Gasteiger partial charge in [-0.05, 0) is 86.9 Å². The number of benzene rings is 2. The topological polar surface area (TPSA) is 59.8 Å². The van der Waals surface area contributed by atoms with E-state index in [0.717, 1.165) is 42.9 Å². The number of anilines is 1. The van der Waals surface area contributed by atoms with Gasteiger partial charge in [0.25, 0.3) is 0 Å². The van der Waals surface area contributed by atoms with Crippen LogP contribution in [0.25, 0.3) is 11.0 Å². The van der Waals surface area contributed by atoms with Gasteiger partial charge in [0, 0.05) is 62.6 Å². The second-order valence-corrected chi connectivity index (χ2v) is 13.6. The molecule has 1 fully saturated rings. The van der Waals surface area contributed by atoms with Crippen LogP contribution in [-0.2, 0) is 18.2 Å². The number of ether oxygens (including phenoxy) is 2. The molecule has 7 heteroatoms. The first-order valence-corrected chi connectivity index (χ1v) is 16.1. The third-order valence-corrected chi connectivity index (χ3v) is 9.00. The van der Waals surface area contributed by atoms with Gasteiger partial charge in [0.05, 0.1) is 6.20 Å². The van der Waals surface area contributed by atoms with E-state index in [2.05, 4.69) is 46.8 Å². The second kappa shape index (κ2) is 12.3. The van der Waals surface area contributed by atoms with Crippen molar-refractivity contribution in [2.24, 2.45) is 7.05 Å². The minimum Gasteiger partial charge on any atom is -0.456 e. The Labute approximate surface area is 261 Å². The highest BCUT2D eigenvalue weighted by Crippen LogP contribution is 2.38. The lowest BCUT2D eigenvalue weighted by atomic mass is 9.88. The van der Waals surface area contributed by atoms with Crippen LogP contribution in [0.15, 0.2) is 60.9 Å². The second-order valence-electron chi connectivity index (χ2n) is 13.6. The number of fused-ring (bicyclic) bond motifs is 2. The van der Waals surface area contributed by atoms with E-state index in [1.807, 2.05) is 68.9 Å². The van der Waals surface area contributed by atoms with Gasteiger partial charge in [0.1, 0.15) is 28.3 Å². The molecule has 1 atom stereocenters. The van der Waals surface area contributed by atoms with Crippen molar-refractivity contribution in [3.63, 3.8) is 0 Å². The molecule has 0 radical (unpaired) electrons. The zero-order chi connectivity index (χ0) is 31.0. The molecule has 0 spiro atoms. The zero-order valence-corrected chi connectivity index (χ0v) is 27.1. The summed E-state index contributed by atoms with van der Waals surface area (Å²) in [5.74, 6) is 1.22. The van der Waals surface area contributed by atoms with E-state index in [1.54, 1.807) is 17.3 Å². The Bertz CT molecular complexity index is 1640. The number of pyridine rings is 1. The zero-order valence-electron chi connectivity index (χ0n) is 27.1. The summed E-state index contributed by atoms with van der Waals surface area (Å²) in [6.07, 6.45) is 8.64. The number of hydrogen-bond acceptors (Lipinski definition) is 6.